The van der Waals surface area contributed by atoms with E-state index < -0.39 is 0 Å². The quantitative estimate of drug-likeness (QED) is 0.537. The SMILES string of the molecule is CC1(C)C2=CC(Nc3ccc(-c4ccccc4)cc3)CC=C2c2ccccc21. The Morgan fingerprint density at radius 2 is 1.46 bits per heavy atom. The van der Waals surface area contributed by atoms with E-state index in [9.17, 15) is 0 Å². The number of allylic oxidation sites excluding steroid dienone is 2. The van der Waals surface area contributed by atoms with Crippen LogP contribution in [0.2, 0.25) is 0 Å². The summed E-state index contributed by atoms with van der Waals surface area (Å²) in [6.07, 6.45) is 5.88. The minimum absolute atomic E-state index is 0.0694. The molecule has 0 spiro atoms. The average molecular weight is 364 g/mol. The highest BCUT2D eigenvalue weighted by molar-refractivity contribution is 5.90. The Balaban J connectivity index is 1.38. The number of hydrogen-bond donors (Lipinski definition) is 1. The van der Waals surface area contributed by atoms with Crippen molar-refractivity contribution in [3.63, 3.8) is 0 Å². The van der Waals surface area contributed by atoms with Gasteiger partial charge >= 0.3 is 0 Å². The number of hydrogen-bond acceptors (Lipinski definition) is 1. The maximum atomic E-state index is 3.72. The molecule has 1 heteroatoms. The predicted octanol–water partition coefficient (Wildman–Crippen LogP) is 6.84. The summed E-state index contributed by atoms with van der Waals surface area (Å²) in [7, 11) is 0. The third-order valence-corrected chi connectivity index (χ3v) is 6.14. The van der Waals surface area contributed by atoms with Gasteiger partial charge in [-0.25, -0.2) is 0 Å². The zero-order valence-electron chi connectivity index (χ0n) is 16.4. The lowest BCUT2D eigenvalue weighted by atomic mass is 9.79. The lowest BCUT2D eigenvalue weighted by Gasteiger charge is -2.27. The fraction of sp³-hybridized carbons (Fsp3) is 0.185. The zero-order chi connectivity index (χ0) is 19.1. The minimum atomic E-state index is 0.0694. The normalized spacial score (nSPS) is 19.3. The molecule has 0 saturated carbocycles. The van der Waals surface area contributed by atoms with Crippen LogP contribution < -0.4 is 5.32 Å². The number of fused-ring (bicyclic) bond motifs is 3. The van der Waals surface area contributed by atoms with Crippen molar-refractivity contribution in [1.82, 2.24) is 0 Å². The van der Waals surface area contributed by atoms with Gasteiger partial charge < -0.3 is 5.32 Å². The second-order valence-electron chi connectivity index (χ2n) is 8.30. The molecular formula is C27H25N. The van der Waals surface area contributed by atoms with Crippen LogP contribution in [0.5, 0.6) is 0 Å². The predicted molar refractivity (Wildman–Crippen MR) is 119 cm³/mol. The summed E-state index contributed by atoms with van der Waals surface area (Å²) in [5, 5.41) is 3.72. The second kappa shape index (κ2) is 6.53. The summed E-state index contributed by atoms with van der Waals surface area (Å²) in [5.41, 5.74) is 9.49. The van der Waals surface area contributed by atoms with Gasteiger partial charge in [0.25, 0.3) is 0 Å². The van der Waals surface area contributed by atoms with Crippen LogP contribution in [0.3, 0.4) is 0 Å². The van der Waals surface area contributed by atoms with Crippen molar-refractivity contribution < 1.29 is 0 Å². The fourth-order valence-electron chi connectivity index (χ4n) is 4.63. The van der Waals surface area contributed by atoms with Gasteiger partial charge in [0.05, 0.1) is 0 Å². The molecule has 1 atom stereocenters. The average Bonchev–Trinajstić information content (AvgIpc) is 2.97. The van der Waals surface area contributed by atoms with Crippen LogP contribution >= 0.6 is 0 Å². The molecular weight excluding hydrogens is 338 g/mol. The maximum Gasteiger partial charge on any atom is 0.0485 e. The molecule has 0 amide bonds. The Hall–Kier alpha value is -3.06. The molecule has 2 aliphatic carbocycles. The van der Waals surface area contributed by atoms with Crippen LogP contribution in [-0.4, -0.2) is 6.04 Å². The summed E-state index contributed by atoms with van der Waals surface area (Å²) in [4.78, 5) is 0. The lowest BCUT2D eigenvalue weighted by Crippen LogP contribution is -2.23. The number of rotatable bonds is 3. The second-order valence-corrected chi connectivity index (χ2v) is 8.30. The van der Waals surface area contributed by atoms with Crippen molar-refractivity contribution >= 4 is 11.3 Å². The molecule has 0 saturated heterocycles. The van der Waals surface area contributed by atoms with E-state index in [1.54, 1.807) is 0 Å². The summed E-state index contributed by atoms with van der Waals surface area (Å²) in [6, 6.07) is 28.5. The number of benzene rings is 3. The highest BCUT2D eigenvalue weighted by atomic mass is 14.9. The first kappa shape index (κ1) is 17.1. The molecule has 0 heterocycles. The minimum Gasteiger partial charge on any atom is -0.379 e. The molecule has 0 aromatic heterocycles. The van der Waals surface area contributed by atoms with Gasteiger partial charge in [0.1, 0.15) is 0 Å². The number of anilines is 1. The van der Waals surface area contributed by atoms with Crippen molar-refractivity contribution in [1.29, 1.82) is 0 Å². The van der Waals surface area contributed by atoms with Crippen LogP contribution in [0.25, 0.3) is 16.7 Å². The first-order valence-electron chi connectivity index (χ1n) is 10.1. The van der Waals surface area contributed by atoms with Crippen LogP contribution in [0.15, 0.2) is 96.6 Å². The van der Waals surface area contributed by atoms with E-state index in [1.165, 1.54) is 39.1 Å². The van der Waals surface area contributed by atoms with Gasteiger partial charge in [0.15, 0.2) is 0 Å². The molecule has 3 aromatic carbocycles. The Morgan fingerprint density at radius 1 is 0.786 bits per heavy atom. The van der Waals surface area contributed by atoms with E-state index in [-0.39, 0.29) is 5.41 Å². The molecule has 1 nitrogen and oxygen atoms in total. The molecule has 0 fully saturated rings. The van der Waals surface area contributed by atoms with E-state index in [2.05, 4.69) is 110 Å². The highest BCUT2D eigenvalue weighted by Crippen LogP contribution is 2.51. The van der Waals surface area contributed by atoms with Crippen LogP contribution in [0.1, 0.15) is 31.4 Å². The first-order chi connectivity index (χ1) is 13.6. The van der Waals surface area contributed by atoms with E-state index in [0.717, 1.165) is 6.42 Å². The molecule has 3 aromatic rings. The van der Waals surface area contributed by atoms with Gasteiger partial charge in [0, 0.05) is 17.1 Å². The molecule has 0 aliphatic heterocycles. The Kier molecular flexibility index (Phi) is 3.98. The third kappa shape index (κ3) is 2.79. The largest absolute Gasteiger partial charge is 0.379 e. The van der Waals surface area contributed by atoms with Gasteiger partial charge in [0.2, 0.25) is 0 Å². The standard InChI is InChI=1S/C27H25N/c1-27(2)25-11-7-6-10-23(25)24-17-16-22(18-26(24)27)28-21-14-12-20(13-15-21)19-8-4-3-5-9-19/h3-15,17-18,22,28H,16H2,1-2H3. The van der Waals surface area contributed by atoms with Gasteiger partial charge in [-0.1, -0.05) is 92.7 Å². The first-order valence-corrected chi connectivity index (χ1v) is 10.1. The monoisotopic (exact) mass is 363 g/mol. The molecule has 0 radical (unpaired) electrons. The molecule has 28 heavy (non-hydrogen) atoms. The van der Waals surface area contributed by atoms with E-state index in [0.29, 0.717) is 6.04 Å². The van der Waals surface area contributed by atoms with Crippen molar-refractivity contribution in [3.05, 3.63) is 108 Å². The van der Waals surface area contributed by atoms with Gasteiger partial charge in [-0.05, 0) is 52.0 Å². The highest BCUT2D eigenvalue weighted by Gasteiger charge is 2.39. The Bertz CT molecular complexity index is 1070. The topological polar surface area (TPSA) is 12.0 Å². The van der Waals surface area contributed by atoms with Crippen molar-refractivity contribution in [2.75, 3.05) is 5.32 Å². The molecule has 1 N–H and O–H groups in total. The van der Waals surface area contributed by atoms with E-state index in [4.69, 9.17) is 0 Å². The van der Waals surface area contributed by atoms with Crippen LogP contribution in [0.4, 0.5) is 5.69 Å². The number of nitrogens with one attached hydrogen (secondary N) is 1. The Morgan fingerprint density at radius 3 is 2.25 bits per heavy atom. The lowest BCUT2D eigenvalue weighted by molar-refractivity contribution is 0.650. The fourth-order valence-corrected chi connectivity index (χ4v) is 4.63. The molecule has 1 unspecified atom stereocenters. The van der Waals surface area contributed by atoms with Gasteiger partial charge in [-0.15, -0.1) is 0 Å². The molecule has 0 bridgehead atoms. The maximum absolute atomic E-state index is 3.72. The summed E-state index contributed by atoms with van der Waals surface area (Å²) in [6.45, 7) is 4.69. The van der Waals surface area contributed by atoms with Crippen molar-refractivity contribution in [2.24, 2.45) is 0 Å². The smallest absolute Gasteiger partial charge is 0.0485 e. The third-order valence-electron chi connectivity index (χ3n) is 6.14. The van der Waals surface area contributed by atoms with Crippen LogP contribution in [-0.2, 0) is 5.41 Å². The summed E-state index contributed by atoms with van der Waals surface area (Å²) >= 11 is 0. The van der Waals surface area contributed by atoms with E-state index >= 15 is 0 Å². The summed E-state index contributed by atoms with van der Waals surface area (Å²) < 4.78 is 0. The molecule has 2 aliphatic rings. The molecule has 5 rings (SSSR count). The van der Waals surface area contributed by atoms with Gasteiger partial charge in [-0.2, -0.15) is 0 Å². The van der Waals surface area contributed by atoms with Crippen LogP contribution in [0, 0.1) is 0 Å². The zero-order valence-corrected chi connectivity index (χ0v) is 16.4. The van der Waals surface area contributed by atoms with E-state index in [1.807, 2.05) is 0 Å². The van der Waals surface area contributed by atoms with Gasteiger partial charge in [-0.3, -0.25) is 0 Å². The van der Waals surface area contributed by atoms with Crippen molar-refractivity contribution in [3.8, 4) is 11.1 Å². The molecule has 138 valence electrons. The van der Waals surface area contributed by atoms with Crippen molar-refractivity contribution in [2.45, 2.75) is 31.7 Å². The Labute approximate surface area is 167 Å². The summed E-state index contributed by atoms with van der Waals surface area (Å²) in [5.74, 6) is 0.